The average Bonchev–Trinajstić information content (AvgIpc) is 2.17. The molecule has 0 radical (unpaired) electrons. The monoisotopic (exact) mass is 218 g/mol. The Morgan fingerprint density at radius 1 is 1.40 bits per heavy atom. The molecule has 0 fully saturated rings. The Bertz CT molecular complexity index is 220. The number of aliphatic hydroxyl groups excluding tert-OH is 1. The summed E-state index contributed by atoms with van der Waals surface area (Å²) in [5.41, 5.74) is 0. The Morgan fingerprint density at radius 2 is 2.00 bits per heavy atom. The van der Waals surface area contributed by atoms with Crippen LogP contribution < -0.4 is 10.6 Å². The van der Waals surface area contributed by atoms with E-state index in [9.17, 15) is 9.59 Å². The third-order valence-electron chi connectivity index (χ3n) is 1.99. The number of hydrogen-bond acceptors (Lipinski definition) is 4. The summed E-state index contributed by atoms with van der Waals surface area (Å²) in [6, 6.07) is -1.01. The van der Waals surface area contributed by atoms with Crippen LogP contribution in [0.25, 0.3) is 0 Å². The first-order valence-electron chi connectivity index (χ1n) is 4.81. The molecule has 0 aliphatic carbocycles. The molecule has 6 nitrogen and oxygen atoms in total. The SMILES string of the molecule is CNCC(C)C(=O)N[C@@H](CCO)C(=O)O. The number of hydrogen-bond donors (Lipinski definition) is 4. The highest BCUT2D eigenvalue weighted by molar-refractivity contribution is 5.84. The molecule has 2 atom stereocenters. The lowest BCUT2D eigenvalue weighted by Gasteiger charge is -2.16. The van der Waals surface area contributed by atoms with E-state index in [2.05, 4.69) is 10.6 Å². The molecule has 0 saturated heterocycles. The van der Waals surface area contributed by atoms with Crippen molar-refractivity contribution in [2.24, 2.45) is 5.92 Å². The number of carbonyl (C=O) groups excluding carboxylic acids is 1. The minimum absolute atomic E-state index is 0.0212. The van der Waals surface area contributed by atoms with Gasteiger partial charge in [0.15, 0.2) is 0 Å². The molecule has 1 amide bonds. The molecule has 0 aromatic carbocycles. The van der Waals surface area contributed by atoms with Gasteiger partial charge in [-0.1, -0.05) is 6.92 Å². The Hall–Kier alpha value is -1.14. The minimum Gasteiger partial charge on any atom is -0.480 e. The number of amides is 1. The van der Waals surface area contributed by atoms with Crippen molar-refractivity contribution in [2.75, 3.05) is 20.2 Å². The first-order valence-corrected chi connectivity index (χ1v) is 4.81. The lowest BCUT2D eigenvalue weighted by atomic mass is 10.1. The minimum atomic E-state index is -1.13. The predicted octanol–water partition coefficient (Wildman–Crippen LogP) is -1.21. The topological polar surface area (TPSA) is 98.7 Å². The van der Waals surface area contributed by atoms with E-state index in [1.165, 1.54) is 0 Å². The smallest absolute Gasteiger partial charge is 0.326 e. The van der Waals surface area contributed by atoms with Gasteiger partial charge in [-0.3, -0.25) is 4.79 Å². The number of carboxylic acids is 1. The van der Waals surface area contributed by atoms with Gasteiger partial charge in [0.2, 0.25) is 5.91 Å². The van der Waals surface area contributed by atoms with Crippen LogP contribution in [-0.4, -0.2) is 48.3 Å². The zero-order chi connectivity index (χ0) is 11.8. The molecular weight excluding hydrogens is 200 g/mol. The standard InChI is InChI=1S/C9H18N2O4/c1-6(5-10-2)8(13)11-7(3-4-12)9(14)15/h6-7,10,12H,3-5H2,1-2H3,(H,11,13)(H,14,15)/t6?,7-/m0/s1. The van der Waals surface area contributed by atoms with Gasteiger partial charge in [-0.15, -0.1) is 0 Å². The van der Waals surface area contributed by atoms with Gasteiger partial charge in [0, 0.05) is 25.5 Å². The highest BCUT2D eigenvalue weighted by atomic mass is 16.4. The van der Waals surface area contributed by atoms with Crippen molar-refractivity contribution < 1.29 is 19.8 Å². The lowest BCUT2D eigenvalue weighted by Crippen LogP contribution is -2.45. The molecule has 0 heterocycles. The highest BCUT2D eigenvalue weighted by Crippen LogP contribution is 1.97. The number of aliphatic hydroxyl groups is 1. The summed E-state index contributed by atoms with van der Waals surface area (Å²) in [4.78, 5) is 22.1. The quantitative estimate of drug-likeness (QED) is 0.430. The van der Waals surface area contributed by atoms with E-state index in [1.54, 1.807) is 14.0 Å². The second-order valence-corrected chi connectivity index (χ2v) is 3.37. The number of nitrogens with one attached hydrogen (secondary N) is 2. The van der Waals surface area contributed by atoms with Crippen molar-refractivity contribution in [3.8, 4) is 0 Å². The summed E-state index contributed by atoms with van der Waals surface area (Å²) in [6.07, 6.45) is 0.0212. The third kappa shape index (κ3) is 5.34. The number of carboxylic acid groups (broad SMARTS) is 1. The average molecular weight is 218 g/mol. The molecule has 0 aliphatic heterocycles. The van der Waals surface area contributed by atoms with E-state index in [0.717, 1.165) is 0 Å². The zero-order valence-corrected chi connectivity index (χ0v) is 8.99. The van der Waals surface area contributed by atoms with Crippen LogP contribution in [-0.2, 0) is 9.59 Å². The van der Waals surface area contributed by atoms with E-state index in [-0.39, 0.29) is 24.9 Å². The number of aliphatic carboxylic acids is 1. The van der Waals surface area contributed by atoms with E-state index in [1.807, 2.05) is 0 Å². The summed E-state index contributed by atoms with van der Waals surface area (Å²) in [5.74, 6) is -1.75. The molecule has 0 aromatic rings. The Morgan fingerprint density at radius 3 is 2.40 bits per heavy atom. The summed E-state index contributed by atoms with van der Waals surface area (Å²) in [7, 11) is 1.71. The van der Waals surface area contributed by atoms with E-state index < -0.39 is 12.0 Å². The molecule has 1 unspecified atom stereocenters. The van der Waals surface area contributed by atoms with Gasteiger partial charge in [-0.2, -0.15) is 0 Å². The normalized spacial score (nSPS) is 14.3. The van der Waals surface area contributed by atoms with Gasteiger partial charge in [0.05, 0.1) is 0 Å². The molecule has 0 aliphatic rings. The van der Waals surface area contributed by atoms with Gasteiger partial charge >= 0.3 is 5.97 Å². The fourth-order valence-corrected chi connectivity index (χ4v) is 1.10. The molecule has 15 heavy (non-hydrogen) atoms. The van der Waals surface area contributed by atoms with Crippen LogP contribution in [0.2, 0.25) is 0 Å². The second-order valence-electron chi connectivity index (χ2n) is 3.37. The van der Waals surface area contributed by atoms with Crippen LogP contribution in [0.3, 0.4) is 0 Å². The van der Waals surface area contributed by atoms with Crippen molar-refractivity contribution in [3.63, 3.8) is 0 Å². The van der Waals surface area contributed by atoms with E-state index in [0.29, 0.717) is 6.54 Å². The van der Waals surface area contributed by atoms with Crippen LogP contribution >= 0.6 is 0 Å². The fraction of sp³-hybridized carbons (Fsp3) is 0.778. The lowest BCUT2D eigenvalue weighted by molar-refractivity contribution is -0.142. The molecule has 0 rings (SSSR count). The van der Waals surface area contributed by atoms with Gasteiger partial charge in [-0.25, -0.2) is 4.79 Å². The van der Waals surface area contributed by atoms with Crippen LogP contribution in [0.4, 0.5) is 0 Å². The van der Waals surface area contributed by atoms with Crippen LogP contribution in [0.5, 0.6) is 0 Å². The first kappa shape index (κ1) is 13.9. The Kier molecular flexibility index (Phi) is 6.64. The molecule has 4 N–H and O–H groups in total. The fourth-order valence-electron chi connectivity index (χ4n) is 1.10. The molecular formula is C9H18N2O4. The molecule has 6 heteroatoms. The van der Waals surface area contributed by atoms with E-state index >= 15 is 0 Å². The maximum atomic E-state index is 11.4. The van der Waals surface area contributed by atoms with Gasteiger partial charge in [-0.05, 0) is 7.05 Å². The highest BCUT2D eigenvalue weighted by Gasteiger charge is 2.21. The van der Waals surface area contributed by atoms with Gasteiger partial charge in [0.25, 0.3) is 0 Å². The molecule has 0 spiro atoms. The molecule has 0 bridgehead atoms. The van der Waals surface area contributed by atoms with Crippen molar-refractivity contribution in [2.45, 2.75) is 19.4 Å². The summed E-state index contributed by atoms with van der Waals surface area (Å²) >= 11 is 0. The third-order valence-corrected chi connectivity index (χ3v) is 1.99. The van der Waals surface area contributed by atoms with Crippen LogP contribution in [0.15, 0.2) is 0 Å². The van der Waals surface area contributed by atoms with Crippen LogP contribution in [0.1, 0.15) is 13.3 Å². The first-order chi connectivity index (χ1) is 7.02. The Labute approximate surface area is 88.7 Å². The molecule has 0 saturated carbocycles. The zero-order valence-electron chi connectivity index (χ0n) is 8.99. The molecule has 88 valence electrons. The van der Waals surface area contributed by atoms with Crippen molar-refractivity contribution in [1.29, 1.82) is 0 Å². The van der Waals surface area contributed by atoms with Gasteiger partial charge in [0.1, 0.15) is 6.04 Å². The summed E-state index contributed by atoms with van der Waals surface area (Å²) < 4.78 is 0. The van der Waals surface area contributed by atoms with Crippen molar-refractivity contribution in [1.82, 2.24) is 10.6 Å². The van der Waals surface area contributed by atoms with Crippen LogP contribution in [0, 0.1) is 5.92 Å². The Balaban J connectivity index is 4.15. The number of carbonyl (C=O) groups is 2. The largest absolute Gasteiger partial charge is 0.480 e. The van der Waals surface area contributed by atoms with Crippen molar-refractivity contribution in [3.05, 3.63) is 0 Å². The summed E-state index contributed by atoms with van der Waals surface area (Å²) in [6.45, 7) is 1.92. The van der Waals surface area contributed by atoms with E-state index in [4.69, 9.17) is 10.2 Å². The van der Waals surface area contributed by atoms with Gasteiger partial charge < -0.3 is 20.8 Å². The second kappa shape index (κ2) is 7.19. The number of rotatable bonds is 7. The maximum Gasteiger partial charge on any atom is 0.326 e. The summed E-state index contributed by atoms with van der Waals surface area (Å²) in [5, 5.41) is 22.5. The molecule has 0 aromatic heterocycles. The van der Waals surface area contributed by atoms with Crippen molar-refractivity contribution >= 4 is 11.9 Å². The maximum absolute atomic E-state index is 11.4. The predicted molar refractivity (Wildman–Crippen MR) is 54.4 cm³/mol.